The van der Waals surface area contributed by atoms with E-state index in [2.05, 4.69) is 41.2 Å². The predicted octanol–water partition coefficient (Wildman–Crippen LogP) is 2.65. The molecule has 0 spiro atoms. The van der Waals surface area contributed by atoms with Crippen molar-refractivity contribution in [2.24, 2.45) is 0 Å². The molecule has 0 bridgehead atoms. The number of carboxylic acid groups (broad SMARTS) is 1. The van der Waals surface area contributed by atoms with Gasteiger partial charge in [-0.1, -0.05) is 66.7 Å². The number of rotatable bonds is 13. The lowest BCUT2D eigenvalue weighted by Gasteiger charge is -2.27. The molecule has 0 radical (unpaired) electrons. The van der Waals surface area contributed by atoms with Crippen LogP contribution in [0.3, 0.4) is 0 Å². The van der Waals surface area contributed by atoms with E-state index in [1.54, 1.807) is 12.4 Å². The van der Waals surface area contributed by atoms with Crippen LogP contribution in [0.5, 0.6) is 0 Å². The van der Waals surface area contributed by atoms with Crippen LogP contribution in [-0.4, -0.2) is 72.9 Å². The molecule has 1 aliphatic rings. The van der Waals surface area contributed by atoms with Gasteiger partial charge in [0, 0.05) is 71.4 Å². The van der Waals surface area contributed by atoms with Crippen LogP contribution in [0, 0.1) is 0 Å². The first-order valence-corrected chi connectivity index (χ1v) is 16.8. The summed E-state index contributed by atoms with van der Waals surface area (Å²) in [4.78, 5) is 67.7. The van der Waals surface area contributed by atoms with Gasteiger partial charge in [0.25, 0.3) is 0 Å². The minimum Gasteiger partial charge on any atom is -0.480 e. The Bertz CT molecular complexity index is 2170. The number of imidazole rings is 1. The number of para-hydroxylation sites is 2. The van der Waals surface area contributed by atoms with Crippen molar-refractivity contribution in [1.82, 2.24) is 41.2 Å². The second kappa shape index (κ2) is 14.7. The fraction of sp³-hybridized carbons (Fsp3) is 0.237. The Morgan fingerprint density at radius 2 is 1.45 bits per heavy atom. The lowest BCUT2D eigenvalue weighted by molar-refractivity contribution is -0.142. The molecule has 13 heteroatoms. The molecule has 0 unspecified atom stereocenters. The zero-order chi connectivity index (χ0) is 35.3. The van der Waals surface area contributed by atoms with E-state index in [9.17, 15) is 24.3 Å². The van der Waals surface area contributed by atoms with Gasteiger partial charge >= 0.3 is 5.97 Å². The first-order valence-electron chi connectivity index (χ1n) is 16.8. The molecule has 0 fully saturated rings. The summed E-state index contributed by atoms with van der Waals surface area (Å²) < 4.78 is 0. The Hall–Kier alpha value is -6.21. The average Bonchev–Trinajstić information content (AvgIpc) is 3.90. The van der Waals surface area contributed by atoms with Crippen LogP contribution in [-0.2, 0) is 51.4 Å². The van der Waals surface area contributed by atoms with Gasteiger partial charge < -0.3 is 36.0 Å². The molecule has 3 aromatic heterocycles. The highest BCUT2D eigenvalue weighted by Gasteiger charge is 2.33. The van der Waals surface area contributed by atoms with Gasteiger partial charge in [0.15, 0.2) is 0 Å². The predicted molar refractivity (Wildman–Crippen MR) is 190 cm³/mol. The maximum atomic E-state index is 14.1. The van der Waals surface area contributed by atoms with E-state index in [1.165, 1.54) is 6.33 Å². The van der Waals surface area contributed by atoms with Gasteiger partial charge in [0.1, 0.15) is 18.1 Å². The topological polar surface area (TPSA) is 197 Å². The monoisotopic (exact) mass is 686 g/mol. The molecule has 0 saturated carbocycles. The second-order valence-electron chi connectivity index (χ2n) is 12.8. The molecule has 4 heterocycles. The average molecular weight is 687 g/mol. The van der Waals surface area contributed by atoms with Crippen molar-refractivity contribution in [2.75, 3.05) is 0 Å². The lowest BCUT2D eigenvalue weighted by atomic mass is 9.97. The molecule has 51 heavy (non-hydrogen) atoms. The maximum Gasteiger partial charge on any atom is 0.326 e. The van der Waals surface area contributed by atoms with Gasteiger partial charge in [-0.3, -0.25) is 19.7 Å². The van der Waals surface area contributed by atoms with E-state index in [-0.39, 0.29) is 25.2 Å². The normalized spacial score (nSPS) is 15.8. The van der Waals surface area contributed by atoms with Gasteiger partial charge in [-0.25, -0.2) is 9.78 Å². The van der Waals surface area contributed by atoms with Crippen LogP contribution in [0.25, 0.3) is 21.8 Å². The summed E-state index contributed by atoms with van der Waals surface area (Å²) in [6.07, 6.45) is 5.42. The van der Waals surface area contributed by atoms with E-state index in [1.807, 2.05) is 78.9 Å². The number of carbonyl (C=O) groups excluding carboxylic acids is 3. The minimum absolute atomic E-state index is 0.0299. The molecular weight excluding hydrogens is 648 g/mol. The van der Waals surface area contributed by atoms with E-state index in [0.29, 0.717) is 18.7 Å². The Morgan fingerprint density at radius 3 is 2.20 bits per heavy atom. The first-order chi connectivity index (χ1) is 24.8. The molecule has 1 aliphatic heterocycles. The number of nitrogens with one attached hydrogen (secondary N) is 7. The van der Waals surface area contributed by atoms with Crippen LogP contribution in [0.15, 0.2) is 97.6 Å². The number of carbonyl (C=O) groups is 4. The Morgan fingerprint density at radius 1 is 0.765 bits per heavy atom. The molecule has 13 nitrogen and oxygen atoms in total. The number of fused-ring (bicyclic) bond motifs is 4. The van der Waals surface area contributed by atoms with Crippen LogP contribution < -0.4 is 21.3 Å². The minimum atomic E-state index is -1.26. The number of aromatic nitrogens is 4. The quantitative estimate of drug-likeness (QED) is 0.0914. The number of benzene rings is 3. The molecule has 0 aliphatic carbocycles. The second-order valence-corrected chi connectivity index (χ2v) is 12.8. The standard InChI is InChI=1S/C38H38N8O5/c47-35(30-17-27-26-11-5-7-13-29(26)43-34(27)20-41-30)45-32(16-24-19-39-21-42-24)37(49)44-31(14-22-8-2-1-3-9-22)36(48)46-33(38(50)51)15-23-18-40-28-12-6-4-10-25(23)28/h1-13,18-19,21,30-33,40-41,43H,14-17,20H2,(H,39,42)(H,44,49)(H,45,47)(H,46,48)(H,50,51)/t30-,31-,32-,33-/m0/s1. The van der Waals surface area contributed by atoms with Crippen LogP contribution in [0.4, 0.5) is 0 Å². The van der Waals surface area contributed by atoms with E-state index < -0.39 is 42.0 Å². The first kappa shape index (κ1) is 33.3. The third kappa shape index (κ3) is 7.53. The molecule has 0 saturated heterocycles. The molecule has 260 valence electrons. The number of amides is 3. The number of nitrogens with zero attached hydrogens (tertiary/aromatic N) is 1. The molecule has 8 N–H and O–H groups in total. The molecule has 7 rings (SSSR count). The fourth-order valence-electron chi connectivity index (χ4n) is 6.75. The van der Waals surface area contributed by atoms with Crippen LogP contribution in [0.1, 0.15) is 28.1 Å². The van der Waals surface area contributed by atoms with Crippen molar-refractivity contribution >= 4 is 45.5 Å². The SMILES string of the molecule is O=C(O)[C@H](Cc1c[nH]c2ccccc12)NC(=O)[C@H](Cc1ccccc1)NC(=O)[C@H](Cc1cnc[nH]1)NC(=O)[C@@H]1Cc2c([nH]c3ccccc23)CN1. The Labute approximate surface area is 292 Å². The van der Waals surface area contributed by atoms with Gasteiger partial charge in [0.05, 0.1) is 12.4 Å². The summed E-state index contributed by atoms with van der Waals surface area (Å²) in [5, 5.41) is 23.7. The summed E-state index contributed by atoms with van der Waals surface area (Å²) in [6.45, 7) is 0.460. The molecular formula is C38H38N8O5. The molecule has 4 atom stereocenters. The van der Waals surface area contributed by atoms with Gasteiger partial charge in [-0.05, 0) is 35.2 Å². The van der Waals surface area contributed by atoms with Gasteiger partial charge in [-0.2, -0.15) is 0 Å². The summed E-state index contributed by atoms with van der Waals surface area (Å²) in [7, 11) is 0. The van der Waals surface area contributed by atoms with E-state index in [4.69, 9.17) is 0 Å². The summed E-state index contributed by atoms with van der Waals surface area (Å²) in [5.74, 6) is -2.83. The van der Waals surface area contributed by atoms with E-state index >= 15 is 0 Å². The Balaban J connectivity index is 1.09. The number of hydrogen-bond acceptors (Lipinski definition) is 6. The third-order valence-electron chi connectivity index (χ3n) is 9.39. The molecule has 3 amide bonds. The lowest BCUT2D eigenvalue weighted by Crippen LogP contribution is -2.59. The van der Waals surface area contributed by atoms with Crippen molar-refractivity contribution in [3.8, 4) is 0 Å². The van der Waals surface area contributed by atoms with Crippen molar-refractivity contribution in [1.29, 1.82) is 0 Å². The van der Waals surface area contributed by atoms with Crippen LogP contribution in [0.2, 0.25) is 0 Å². The van der Waals surface area contributed by atoms with Gasteiger partial charge in [-0.15, -0.1) is 0 Å². The summed E-state index contributed by atoms with van der Waals surface area (Å²) in [6, 6.07) is 20.5. The smallest absolute Gasteiger partial charge is 0.326 e. The highest BCUT2D eigenvalue weighted by atomic mass is 16.4. The summed E-state index contributed by atoms with van der Waals surface area (Å²) >= 11 is 0. The highest BCUT2D eigenvalue weighted by Crippen LogP contribution is 2.26. The number of H-pyrrole nitrogens is 3. The van der Waals surface area contributed by atoms with Crippen LogP contribution >= 0.6 is 0 Å². The largest absolute Gasteiger partial charge is 0.480 e. The maximum absolute atomic E-state index is 14.1. The Kier molecular flexibility index (Phi) is 9.61. The van der Waals surface area contributed by atoms with Crippen molar-refractivity contribution in [3.05, 3.63) is 126 Å². The fourth-order valence-corrected chi connectivity index (χ4v) is 6.75. The number of aliphatic carboxylic acids is 1. The van der Waals surface area contributed by atoms with E-state index in [0.717, 1.165) is 44.2 Å². The number of hydrogen-bond donors (Lipinski definition) is 8. The number of aromatic amines is 3. The zero-order valence-electron chi connectivity index (χ0n) is 27.6. The molecule has 6 aromatic rings. The zero-order valence-corrected chi connectivity index (χ0v) is 27.6. The third-order valence-corrected chi connectivity index (χ3v) is 9.39. The van der Waals surface area contributed by atoms with Crippen molar-refractivity contribution < 1.29 is 24.3 Å². The van der Waals surface area contributed by atoms with Crippen molar-refractivity contribution in [3.63, 3.8) is 0 Å². The van der Waals surface area contributed by atoms with Crippen molar-refractivity contribution in [2.45, 2.75) is 56.4 Å². The number of carboxylic acids is 1. The van der Waals surface area contributed by atoms with Gasteiger partial charge in [0.2, 0.25) is 17.7 Å². The highest BCUT2D eigenvalue weighted by molar-refractivity contribution is 5.95. The summed E-state index contributed by atoms with van der Waals surface area (Å²) in [5.41, 5.74) is 6.03. The molecule has 3 aromatic carbocycles.